The topological polar surface area (TPSA) is 111 Å². The Morgan fingerprint density at radius 1 is 1.16 bits per heavy atom. The summed E-state index contributed by atoms with van der Waals surface area (Å²) in [4.78, 5) is 22.4. The average Bonchev–Trinajstić information content (AvgIpc) is 3.49. The SMILES string of the molecule is Nc1nccc2cc(CNC(=O)Oc3cn(Cc4ccc(N5CC[C@H](F)C5)nc4)nc3C(F)(F)F)ccc12. The lowest BCUT2D eigenvalue weighted by atomic mass is 10.1. The molecule has 1 aromatic carbocycles. The fraction of sp³-hybridized carbons (Fsp3) is 0.280. The quantitative estimate of drug-likeness (QED) is 0.358. The van der Waals surface area contributed by atoms with E-state index in [9.17, 15) is 22.4 Å². The third-order valence-electron chi connectivity index (χ3n) is 6.10. The highest BCUT2D eigenvalue weighted by Gasteiger charge is 2.39. The van der Waals surface area contributed by atoms with E-state index in [4.69, 9.17) is 10.5 Å². The van der Waals surface area contributed by atoms with Crippen LogP contribution < -0.4 is 20.7 Å². The van der Waals surface area contributed by atoms with Crippen LogP contribution in [0.2, 0.25) is 0 Å². The van der Waals surface area contributed by atoms with Gasteiger partial charge in [-0.1, -0.05) is 18.2 Å². The second-order valence-electron chi connectivity index (χ2n) is 8.89. The van der Waals surface area contributed by atoms with Gasteiger partial charge in [-0.05, 0) is 41.1 Å². The minimum atomic E-state index is -4.84. The molecule has 0 aliphatic carbocycles. The first-order valence-corrected chi connectivity index (χ1v) is 11.7. The molecule has 1 aliphatic heterocycles. The molecule has 1 fully saturated rings. The third kappa shape index (κ3) is 5.61. The molecule has 1 saturated heterocycles. The van der Waals surface area contributed by atoms with Crippen molar-refractivity contribution >= 4 is 28.5 Å². The predicted molar refractivity (Wildman–Crippen MR) is 131 cm³/mol. The highest BCUT2D eigenvalue weighted by molar-refractivity contribution is 5.91. The number of carbonyl (C=O) groups excluding carboxylic acids is 1. The third-order valence-corrected chi connectivity index (χ3v) is 6.10. The molecule has 4 heterocycles. The first-order valence-electron chi connectivity index (χ1n) is 11.7. The molecule has 13 heteroatoms. The van der Waals surface area contributed by atoms with E-state index >= 15 is 0 Å². The highest BCUT2D eigenvalue weighted by atomic mass is 19.4. The Hall–Kier alpha value is -4.42. The zero-order valence-electron chi connectivity index (χ0n) is 20.0. The van der Waals surface area contributed by atoms with Gasteiger partial charge in [-0.15, -0.1) is 0 Å². The number of pyridine rings is 2. The molecular formula is C25H23F4N7O2. The zero-order valence-corrected chi connectivity index (χ0v) is 20.0. The van der Waals surface area contributed by atoms with Gasteiger partial charge in [0.15, 0.2) is 5.75 Å². The Kier molecular flexibility index (Phi) is 6.74. The fourth-order valence-corrected chi connectivity index (χ4v) is 4.24. The van der Waals surface area contributed by atoms with E-state index in [-0.39, 0.29) is 19.6 Å². The van der Waals surface area contributed by atoms with Crippen LogP contribution in [-0.2, 0) is 19.3 Å². The molecule has 1 amide bonds. The van der Waals surface area contributed by atoms with Crippen molar-refractivity contribution in [3.8, 4) is 5.75 Å². The summed E-state index contributed by atoms with van der Waals surface area (Å²) in [5.74, 6) is 0.243. The molecular weight excluding hydrogens is 506 g/mol. The summed E-state index contributed by atoms with van der Waals surface area (Å²) in [7, 11) is 0. The van der Waals surface area contributed by atoms with Crippen molar-refractivity contribution in [2.45, 2.75) is 31.9 Å². The van der Waals surface area contributed by atoms with Crippen LogP contribution in [0.1, 0.15) is 23.2 Å². The zero-order chi connectivity index (χ0) is 26.9. The Bertz CT molecular complexity index is 1460. The summed E-state index contributed by atoms with van der Waals surface area (Å²) in [6, 6.07) is 10.4. The number of aromatic nitrogens is 4. The lowest BCUT2D eigenvalue weighted by molar-refractivity contribution is -0.142. The van der Waals surface area contributed by atoms with Crippen molar-refractivity contribution in [1.82, 2.24) is 25.1 Å². The normalized spacial score (nSPS) is 15.7. The molecule has 0 radical (unpaired) electrons. The molecule has 0 saturated carbocycles. The van der Waals surface area contributed by atoms with Crippen LogP contribution >= 0.6 is 0 Å². The maximum Gasteiger partial charge on any atom is 0.438 e. The minimum absolute atomic E-state index is 0.0185. The van der Waals surface area contributed by atoms with Gasteiger partial charge in [0.2, 0.25) is 5.69 Å². The number of rotatable bonds is 6. The number of nitrogens with one attached hydrogen (secondary N) is 1. The molecule has 3 aromatic heterocycles. The van der Waals surface area contributed by atoms with Crippen LogP contribution in [0.4, 0.5) is 34.0 Å². The number of amides is 1. The van der Waals surface area contributed by atoms with E-state index in [1.807, 2.05) is 0 Å². The Morgan fingerprint density at radius 3 is 2.68 bits per heavy atom. The number of nitrogens with zero attached hydrogens (tertiary/aromatic N) is 5. The van der Waals surface area contributed by atoms with Crippen molar-refractivity contribution in [3.63, 3.8) is 0 Å². The maximum atomic E-state index is 13.6. The van der Waals surface area contributed by atoms with Crippen LogP contribution in [0.25, 0.3) is 10.8 Å². The number of nitrogen functional groups attached to an aromatic ring is 1. The summed E-state index contributed by atoms with van der Waals surface area (Å²) in [6.45, 7) is 0.792. The lowest BCUT2D eigenvalue weighted by Gasteiger charge is -2.16. The molecule has 1 atom stereocenters. The number of nitrogens with two attached hydrogens (primary N) is 1. The van der Waals surface area contributed by atoms with E-state index in [1.54, 1.807) is 47.5 Å². The van der Waals surface area contributed by atoms with Gasteiger partial charge in [0.1, 0.15) is 17.8 Å². The van der Waals surface area contributed by atoms with Gasteiger partial charge in [-0.2, -0.15) is 18.3 Å². The van der Waals surface area contributed by atoms with Gasteiger partial charge >= 0.3 is 12.3 Å². The van der Waals surface area contributed by atoms with Crippen molar-refractivity contribution < 1.29 is 27.1 Å². The monoisotopic (exact) mass is 529 g/mol. The van der Waals surface area contributed by atoms with Crippen LogP contribution in [0, 0.1) is 0 Å². The Labute approximate surface area is 214 Å². The summed E-state index contributed by atoms with van der Waals surface area (Å²) >= 11 is 0. The standard InChI is InChI=1S/C25H23F4N7O2/c26-18-6-8-35(13-18)21-4-2-16(11-32-21)12-36-14-20(22(34-36)25(27,28)29)38-24(37)33-10-15-1-3-19-17(9-15)5-7-31-23(19)30/h1-5,7,9,11,14,18H,6,8,10,12-13H2,(H2,30,31)(H,33,37)/t18-/m0/s1. The van der Waals surface area contributed by atoms with Crippen LogP contribution in [0.3, 0.4) is 0 Å². The van der Waals surface area contributed by atoms with Crippen molar-refractivity contribution in [2.24, 2.45) is 0 Å². The summed E-state index contributed by atoms with van der Waals surface area (Å²) < 4.78 is 60.2. The Morgan fingerprint density at radius 2 is 1.97 bits per heavy atom. The smallest absolute Gasteiger partial charge is 0.406 e. The number of halogens is 4. The number of ether oxygens (including phenoxy) is 1. The predicted octanol–water partition coefficient (Wildman–Crippen LogP) is 4.31. The lowest BCUT2D eigenvalue weighted by Crippen LogP contribution is -2.27. The molecule has 0 unspecified atom stereocenters. The second kappa shape index (κ2) is 10.1. The fourth-order valence-electron chi connectivity index (χ4n) is 4.24. The van der Waals surface area contributed by atoms with Gasteiger partial charge in [0.25, 0.3) is 0 Å². The number of fused-ring (bicyclic) bond motifs is 1. The van der Waals surface area contributed by atoms with Crippen molar-refractivity contribution in [3.05, 3.63) is 71.8 Å². The van der Waals surface area contributed by atoms with Gasteiger partial charge < -0.3 is 20.7 Å². The molecule has 38 heavy (non-hydrogen) atoms. The largest absolute Gasteiger partial charge is 0.438 e. The van der Waals surface area contributed by atoms with Crippen LogP contribution in [0.5, 0.6) is 5.75 Å². The van der Waals surface area contributed by atoms with E-state index in [2.05, 4.69) is 20.4 Å². The second-order valence-corrected chi connectivity index (χ2v) is 8.89. The molecule has 0 spiro atoms. The molecule has 198 valence electrons. The molecule has 0 bridgehead atoms. The van der Waals surface area contributed by atoms with Crippen LogP contribution in [-0.4, -0.2) is 45.1 Å². The van der Waals surface area contributed by atoms with Gasteiger partial charge in [-0.3, -0.25) is 4.68 Å². The summed E-state index contributed by atoms with van der Waals surface area (Å²) in [5, 5.41) is 7.58. The highest BCUT2D eigenvalue weighted by Crippen LogP contribution is 2.35. The number of hydrogen-bond donors (Lipinski definition) is 2. The van der Waals surface area contributed by atoms with E-state index < -0.39 is 29.9 Å². The van der Waals surface area contributed by atoms with Crippen molar-refractivity contribution in [1.29, 1.82) is 0 Å². The number of anilines is 2. The molecule has 5 rings (SSSR count). The first-order chi connectivity index (χ1) is 18.2. The van der Waals surface area contributed by atoms with Crippen molar-refractivity contribution in [2.75, 3.05) is 23.7 Å². The van der Waals surface area contributed by atoms with Crippen LogP contribution in [0.15, 0.2) is 55.0 Å². The number of carbonyl (C=O) groups is 1. The van der Waals surface area contributed by atoms with E-state index in [0.29, 0.717) is 35.7 Å². The maximum absolute atomic E-state index is 13.6. The molecule has 9 nitrogen and oxygen atoms in total. The first kappa shape index (κ1) is 25.2. The van der Waals surface area contributed by atoms with E-state index in [0.717, 1.165) is 21.7 Å². The number of hydrogen-bond acceptors (Lipinski definition) is 7. The van der Waals surface area contributed by atoms with Gasteiger partial charge in [0.05, 0.1) is 19.3 Å². The minimum Gasteiger partial charge on any atom is -0.406 e. The molecule has 4 aromatic rings. The number of alkyl halides is 4. The number of benzene rings is 1. The Balaban J connectivity index is 1.25. The summed E-state index contributed by atoms with van der Waals surface area (Å²) in [6.07, 6.45) is -2.31. The van der Waals surface area contributed by atoms with Gasteiger partial charge in [-0.25, -0.2) is 19.2 Å². The van der Waals surface area contributed by atoms with E-state index in [1.165, 1.54) is 6.20 Å². The summed E-state index contributed by atoms with van der Waals surface area (Å²) in [5.41, 5.74) is 5.78. The molecule has 1 aliphatic rings. The average molecular weight is 529 g/mol. The van der Waals surface area contributed by atoms with Gasteiger partial charge in [0, 0.05) is 30.9 Å². The molecule has 3 N–H and O–H groups in total.